The number of sulfonamides is 1. The van der Waals surface area contributed by atoms with E-state index in [2.05, 4.69) is 14.4 Å². The lowest BCUT2D eigenvalue weighted by Crippen LogP contribution is -2.32. The molecule has 0 saturated carbocycles. The van der Waals surface area contributed by atoms with Crippen molar-refractivity contribution < 1.29 is 21.6 Å². The van der Waals surface area contributed by atoms with Gasteiger partial charge in [0.25, 0.3) is 20.0 Å². The van der Waals surface area contributed by atoms with Crippen LogP contribution in [0.25, 0.3) is 16.7 Å². The van der Waals surface area contributed by atoms with Crippen LogP contribution in [0.2, 0.25) is 0 Å². The third kappa shape index (κ3) is 4.66. The third-order valence-corrected chi connectivity index (χ3v) is 9.55. The second-order valence-corrected chi connectivity index (χ2v) is 12.9. The second-order valence-electron chi connectivity index (χ2n) is 9.53. The van der Waals surface area contributed by atoms with Gasteiger partial charge < -0.3 is 4.74 Å². The van der Waals surface area contributed by atoms with E-state index in [-0.39, 0.29) is 37.8 Å². The van der Waals surface area contributed by atoms with Crippen molar-refractivity contribution >= 4 is 36.7 Å². The Morgan fingerprint density at radius 2 is 1.43 bits per heavy atom. The van der Waals surface area contributed by atoms with Crippen molar-refractivity contribution in [3.05, 3.63) is 88.8 Å². The Balaban J connectivity index is 2.04. The van der Waals surface area contributed by atoms with Crippen LogP contribution in [0, 0.1) is 20.8 Å². The molecule has 0 bridgehead atoms. The number of hydrogen-bond donors (Lipinski definition) is 0. The molecule has 208 valence electrons. The van der Waals surface area contributed by atoms with Crippen molar-refractivity contribution in [1.82, 2.24) is 18.3 Å². The fraction of sp³-hybridized carbons (Fsp3) is 0.250. The van der Waals surface area contributed by atoms with E-state index in [1.807, 2.05) is 20.8 Å². The summed E-state index contributed by atoms with van der Waals surface area (Å²) in [5.74, 6) is 0.865. The third-order valence-electron chi connectivity index (χ3n) is 6.55. The van der Waals surface area contributed by atoms with E-state index in [1.54, 1.807) is 35.6 Å². The van der Waals surface area contributed by atoms with Crippen molar-refractivity contribution in [3.8, 4) is 5.88 Å². The lowest BCUT2D eigenvalue weighted by atomic mass is 10.2. The Labute approximate surface area is 232 Å². The van der Waals surface area contributed by atoms with E-state index >= 15 is 0 Å². The van der Waals surface area contributed by atoms with Crippen LogP contribution in [0.4, 0.5) is 0 Å². The maximum absolute atomic E-state index is 14.3. The second kappa shape index (κ2) is 10.2. The van der Waals surface area contributed by atoms with Crippen molar-refractivity contribution in [1.29, 1.82) is 0 Å². The number of pyridine rings is 1. The summed E-state index contributed by atoms with van der Waals surface area (Å²) >= 11 is 0. The molecule has 3 aromatic heterocycles. The Morgan fingerprint density at radius 3 is 2.00 bits per heavy atom. The number of nitrogens with zero attached hydrogens (tertiary/aromatic N) is 5. The molecular formula is C28H29N5O5S2. The van der Waals surface area contributed by atoms with E-state index in [9.17, 15) is 16.8 Å². The zero-order chi connectivity index (χ0) is 28.8. The molecule has 0 spiro atoms. The van der Waals surface area contributed by atoms with Crippen molar-refractivity contribution in [2.24, 2.45) is 4.40 Å². The first-order chi connectivity index (χ1) is 19.0. The highest BCUT2D eigenvalue weighted by molar-refractivity contribution is 7.90. The number of aromatic nitrogens is 4. The van der Waals surface area contributed by atoms with E-state index in [0.717, 1.165) is 21.5 Å². The van der Waals surface area contributed by atoms with Gasteiger partial charge in [0.15, 0.2) is 11.1 Å². The number of imidazole rings is 1. The van der Waals surface area contributed by atoms with Gasteiger partial charge in [-0.1, -0.05) is 42.3 Å². The Morgan fingerprint density at radius 1 is 0.825 bits per heavy atom. The smallest absolute Gasteiger partial charge is 0.284 e. The van der Waals surface area contributed by atoms with Crippen LogP contribution in [0.3, 0.4) is 0 Å². The molecule has 5 aromatic rings. The molecule has 0 aliphatic carbocycles. The summed E-state index contributed by atoms with van der Waals surface area (Å²) in [5, 5.41) is 0. The van der Waals surface area contributed by atoms with Crippen LogP contribution in [0.1, 0.15) is 36.0 Å². The Hall–Kier alpha value is -4.03. The molecule has 5 rings (SSSR count). The number of methoxy groups -OCH3 is 1. The summed E-state index contributed by atoms with van der Waals surface area (Å²) in [4.78, 5) is 9.19. The topological polar surface area (TPSA) is 125 Å². The summed E-state index contributed by atoms with van der Waals surface area (Å²) < 4.78 is 68.1. The van der Waals surface area contributed by atoms with Crippen LogP contribution < -0.4 is 10.2 Å². The normalized spacial score (nSPS) is 12.9. The predicted molar refractivity (Wildman–Crippen MR) is 151 cm³/mol. The molecule has 0 unspecified atom stereocenters. The molecule has 10 nitrogen and oxygen atoms in total. The summed E-state index contributed by atoms with van der Waals surface area (Å²) in [5.41, 5.74) is 2.48. The Kier molecular flexibility index (Phi) is 7.01. The monoisotopic (exact) mass is 579 g/mol. The quantitative estimate of drug-likeness (QED) is 0.284. The molecule has 0 N–H and O–H groups in total. The molecule has 3 heterocycles. The van der Waals surface area contributed by atoms with E-state index in [1.165, 1.54) is 43.5 Å². The van der Waals surface area contributed by atoms with Gasteiger partial charge in [-0.15, -0.1) is 4.40 Å². The van der Waals surface area contributed by atoms with Gasteiger partial charge in [0.1, 0.15) is 16.9 Å². The first-order valence-corrected chi connectivity index (χ1v) is 15.5. The standard InChI is InChI=1S/C28H29N5O5S2/c1-6-7-24-29-20(4)26-28(31-39(34,35)21-12-8-18(2)9-13-21)33(40(36,37)22-14-10-19(3)11-15-22)23-16-17-25(38-5)30-27(23)32(24)26/h8-17H,6-7H2,1-5H3/b31-28+. The SMILES string of the molecule is CCCc1nc(C)c2/c(=N\S(=O)(=O)c3ccc(C)cc3)n(S(=O)(=O)c3ccc(C)cc3)c3ccc(OC)nc3n12. The minimum Gasteiger partial charge on any atom is -0.481 e. The molecule has 40 heavy (non-hydrogen) atoms. The molecule has 0 radical (unpaired) electrons. The van der Waals surface area contributed by atoms with Crippen LogP contribution in [0.15, 0.2) is 74.9 Å². The molecule has 0 saturated heterocycles. The molecule has 0 fully saturated rings. The summed E-state index contributed by atoms with van der Waals surface area (Å²) in [6, 6.07) is 15.6. The molecule has 0 aliphatic heterocycles. The average Bonchev–Trinajstić information content (AvgIpc) is 3.25. The number of aryl methyl sites for hydroxylation is 4. The van der Waals surface area contributed by atoms with Gasteiger partial charge in [-0.2, -0.15) is 13.4 Å². The van der Waals surface area contributed by atoms with Gasteiger partial charge in [-0.05, 0) is 57.5 Å². The van der Waals surface area contributed by atoms with Crippen molar-refractivity contribution in [2.45, 2.75) is 50.3 Å². The fourth-order valence-corrected chi connectivity index (χ4v) is 7.04. The van der Waals surface area contributed by atoms with Gasteiger partial charge in [0.05, 0.1) is 22.6 Å². The lowest BCUT2D eigenvalue weighted by molar-refractivity contribution is 0.399. The highest BCUT2D eigenvalue weighted by Crippen LogP contribution is 2.25. The van der Waals surface area contributed by atoms with Crippen LogP contribution >= 0.6 is 0 Å². The zero-order valence-electron chi connectivity index (χ0n) is 22.8. The number of rotatable bonds is 7. The van der Waals surface area contributed by atoms with Crippen LogP contribution in [0.5, 0.6) is 5.88 Å². The highest BCUT2D eigenvalue weighted by Gasteiger charge is 2.28. The molecule has 0 amide bonds. The van der Waals surface area contributed by atoms with E-state index in [0.29, 0.717) is 17.9 Å². The van der Waals surface area contributed by atoms with E-state index in [4.69, 9.17) is 4.74 Å². The number of benzene rings is 2. The minimum atomic E-state index is -4.37. The molecule has 0 atom stereocenters. The van der Waals surface area contributed by atoms with E-state index < -0.39 is 20.0 Å². The van der Waals surface area contributed by atoms with Crippen LogP contribution in [-0.2, 0) is 26.5 Å². The lowest BCUT2D eigenvalue weighted by Gasteiger charge is -2.16. The molecule has 12 heteroatoms. The van der Waals surface area contributed by atoms with Crippen molar-refractivity contribution in [3.63, 3.8) is 0 Å². The van der Waals surface area contributed by atoms with Crippen molar-refractivity contribution in [2.75, 3.05) is 7.11 Å². The van der Waals surface area contributed by atoms with Gasteiger partial charge >= 0.3 is 0 Å². The predicted octanol–water partition coefficient (Wildman–Crippen LogP) is 4.10. The zero-order valence-corrected chi connectivity index (χ0v) is 24.4. The maximum atomic E-state index is 14.3. The fourth-order valence-electron chi connectivity index (χ4n) is 4.56. The van der Waals surface area contributed by atoms with Gasteiger partial charge in [-0.25, -0.2) is 17.4 Å². The molecule has 0 aliphatic rings. The molecule has 2 aromatic carbocycles. The van der Waals surface area contributed by atoms with Gasteiger partial charge in [0, 0.05) is 12.5 Å². The number of ether oxygens (including phenoxy) is 1. The minimum absolute atomic E-state index is 0.0281. The molecular weight excluding hydrogens is 550 g/mol. The highest BCUT2D eigenvalue weighted by atomic mass is 32.2. The first-order valence-electron chi connectivity index (χ1n) is 12.7. The van der Waals surface area contributed by atoms with Crippen LogP contribution in [-0.4, -0.2) is 42.3 Å². The summed E-state index contributed by atoms with van der Waals surface area (Å²) in [6.45, 7) is 7.38. The number of fused-ring (bicyclic) bond motifs is 3. The first kappa shape index (κ1) is 27.5. The summed E-state index contributed by atoms with van der Waals surface area (Å²) in [6.07, 6.45) is 1.29. The Bertz CT molecular complexity index is 2040. The average molecular weight is 580 g/mol. The van der Waals surface area contributed by atoms with Gasteiger partial charge in [-0.3, -0.25) is 4.40 Å². The largest absolute Gasteiger partial charge is 0.481 e. The maximum Gasteiger partial charge on any atom is 0.284 e. The van der Waals surface area contributed by atoms with Gasteiger partial charge in [0.2, 0.25) is 5.88 Å². The number of hydrogen-bond acceptors (Lipinski definition) is 7. The summed E-state index contributed by atoms with van der Waals surface area (Å²) in [7, 11) is -7.24.